The van der Waals surface area contributed by atoms with Crippen LogP contribution in [0.2, 0.25) is 0 Å². The molecule has 0 spiro atoms. The predicted octanol–water partition coefficient (Wildman–Crippen LogP) is 7.50. The number of hydrogen-bond acceptors (Lipinski definition) is 20. The third-order valence-corrected chi connectivity index (χ3v) is 11.3. The van der Waals surface area contributed by atoms with Crippen molar-refractivity contribution < 1.29 is 95.2 Å². The van der Waals surface area contributed by atoms with Gasteiger partial charge in [-0.25, -0.2) is 38.4 Å². The molecular formula is C52H50O20. The standard InChI is InChI=1S/C52H50O20/c1-5-43(53)61-27-7-9-29-63-49(59)69-39-23-15-33(16-24-39)45(55)67-37-19-11-35(12-20-37)47(57)71-41-31-65-52(4)42(32-66-51(41,52)3)72-48(58)36-13-21-38(22-14-36)68-46(56)34-17-25-40(26-18-34)70-50(60)64-30-10-8-28-62-44(54)6-2/h5-6,11-26,41-42H,1-2,7-10,27-32H2,3-4H3/t41-,42+,51-,52-/m1/s1. The molecule has 0 aromatic heterocycles. The summed E-state index contributed by atoms with van der Waals surface area (Å²) in [7, 11) is 0. The summed E-state index contributed by atoms with van der Waals surface area (Å²) in [4.78, 5) is 98.4. The first-order valence-corrected chi connectivity index (χ1v) is 22.4. The SMILES string of the molecule is C=CC(=O)OCCCCOC(=O)Oc1ccc(C(=O)Oc2ccc(C(=O)O[C@H]3CO[C@]4(C)[C@H](OC(=O)c5ccc(OC(=O)c6ccc(OC(=O)OCCCCOC(=O)C=C)cc6)cc5)CO[C@]34C)cc2)cc1. The van der Waals surface area contributed by atoms with E-state index in [1.807, 2.05) is 0 Å². The first-order chi connectivity index (χ1) is 34.6. The van der Waals surface area contributed by atoms with Crippen LogP contribution in [0.25, 0.3) is 0 Å². The van der Waals surface area contributed by atoms with Crippen LogP contribution < -0.4 is 18.9 Å². The second-order valence-corrected chi connectivity index (χ2v) is 16.1. The number of unbranched alkanes of at least 4 members (excludes halogenated alkanes) is 2. The molecule has 4 aromatic rings. The number of fused-ring (bicyclic) bond motifs is 1. The molecule has 6 rings (SSSR count). The van der Waals surface area contributed by atoms with Crippen molar-refractivity contribution in [3.05, 3.63) is 145 Å². The van der Waals surface area contributed by atoms with Crippen molar-refractivity contribution in [2.75, 3.05) is 39.6 Å². The molecule has 4 atom stereocenters. The third kappa shape index (κ3) is 14.1. The third-order valence-electron chi connectivity index (χ3n) is 11.3. The van der Waals surface area contributed by atoms with E-state index in [0.29, 0.717) is 25.7 Å². The average molecular weight is 995 g/mol. The summed E-state index contributed by atoms with van der Waals surface area (Å²) in [5, 5.41) is 0. The van der Waals surface area contributed by atoms with Gasteiger partial charge in [-0.1, -0.05) is 13.2 Å². The smallest absolute Gasteiger partial charge is 0.463 e. The first-order valence-electron chi connectivity index (χ1n) is 22.4. The second-order valence-electron chi connectivity index (χ2n) is 16.1. The van der Waals surface area contributed by atoms with Crippen LogP contribution >= 0.6 is 0 Å². The van der Waals surface area contributed by atoms with Gasteiger partial charge in [0, 0.05) is 12.2 Å². The van der Waals surface area contributed by atoms with E-state index in [1.165, 1.54) is 97.1 Å². The minimum atomic E-state index is -1.22. The highest BCUT2D eigenvalue weighted by Gasteiger charge is 2.68. The number of rotatable bonds is 22. The van der Waals surface area contributed by atoms with Gasteiger partial charge in [-0.2, -0.15) is 0 Å². The van der Waals surface area contributed by atoms with Gasteiger partial charge in [0.2, 0.25) is 0 Å². The van der Waals surface area contributed by atoms with Crippen molar-refractivity contribution in [1.29, 1.82) is 0 Å². The van der Waals surface area contributed by atoms with E-state index < -0.39 is 71.5 Å². The second kappa shape index (κ2) is 25.0. The number of benzene rings is 4. The molecule has 2 aliphatic heterocycles. The number of carbonyl (C=O) groups is 8. The molecule has 20 nitrogen and oxygen atoms in total. The van der Waals surface area contributed by atoms with Crippen molar-refractivity contribution in [2.45, 2.75) is 62.9 Å². The van der Waals surface area contributed by atoms with Gasteiger partial charge in [-0.3, -0.25) is 0 Å². The monoisotopic (exact) mass is 994 g/mol. The number of hydrogen-bond donors (Lipinski definition) is 0. The van der Waals surface area contributed by atoms with Gasteiger partial charge in [-0.05, 0) is 137 Å². The van der Waals surface area contributed by atoms with Crippen molar-refractivity contribution in [1.82, 2.24) is 0 Å². The number of carbonyl (C=O) groups excluding carboxylic acids is 8. The number of esters is 6. The fraction of sp³-hybridized carbons (Fsp3) is 0.308. The number of ether oxygens (including phenoxy) is 12. The lowest BCUT2D eigenvalue weighted by atomic mass is 9.82. The lowest BCUT2D eigenvalue weighted by Crippen LogP contribution is -2.55. The Morgan fingerprint density at radius 2 is 0.722 bits per heavy atom. The molecular weight excluding hydrogens is 945 g/mol. The van der Waals surface area contributed by atoms with Crippen LogP contribution in [0.3, 0.4) is 0 Å². The first kappa shape index (κ1) is 53.0. The van der Waals surface area contributed by atoms with E-state index >= 15 is 0 Å². The normalized spacial score (nSPS) is 18.5. The van der Waals surface area contributed by atoms with E-state index in [4.69, 9.17) is 56.8 Å². The summed E-state index contributed by atoms with van der Waals surface area (Å²) in [5.74, 6) is -3.40. The van der Waals surface area contributed by atoms with Crippen molar-refractivity contribution in [3.8, 4) is 23.0 Å². The molecule has 0 amide bonds. The highest BCUT2D eigenvalue weighted by atomic mass is 16.7. The van der Waals surface area contributed by atoms with Gasteiger partial charge in [0.1, 0.15) is 34.2 Å². The molecule has 0 aliphatic carbocycles. The van der Waals surface area contributed by atoms with Crippen LogP contribution in [0.5, 0.6) is 23.0 Å². The summed E-state index contributed by atoms with van der Waals surface area (Å²) >= 11 is 0. The van der Waals surface area contributed by atoms with Gasteiger partial charge < -0.3 is 56.8 Å². The minimum absolute atomic E-state index is 0.0465. The molecule has 0 saturated carbocycles. The fourth-order valence-corrected chi connectivity index (χ4v) is 7.02. The Bertz CT molecular complexity index is 2430. The molecule has 0 bridgehead atoms. The Balaban J connectivity index is 0.911. The summed E-state index contributed by atoms with van der Waals surface area (Å²) in [6, 6.07) is 22.5. The summed E-state index contributed by atoms with van der Waals surface area (Å²) in [6.45, 7) is 10.3. The lowest BCUT2D eigenvalue weighted by Gasteiger charge is -2.36. The maximum absolute atomic E-state index is 13.3. The molecule has 0 N–H and O–H groups in total. The molecule has 2 heterocycles. The van der Waals surface area contributed by atoms with Gasteiger partial charge >= 0.3 is 48.1 Å². The zero-order valence-electron chi connectivity index (χ0n) is 39.2. The molecule has 2 fully saturated rings. The van der Waals surface area contributed by atoms with Crippen molar-refractivity contribution in [2.24, 2.45) is 0 Å². The maximum Gasteiger partial charge on any atom is 0.513 e. The molecule has 20 heteroatoms. The fourth-order valence-electron chi connectivity index (χ4n) is 7.02. The van der Waals surface area contributed by atoms with Crippen molar-refractivity contribution in [3.63, 3.8) is 0 Å². The Morgan fingerprint density at radius 3 is 1.03 bits per heavy atom. The lowest BCUT2D eigenvalue weighted by molar-refractivity contribution is -0.138. The molecule has 378 valence electrons. The quantitative estimate of drug-likeness (QED) is 0.0185. The average Bonchev–Trinajstić information content (AvgIpc) is 3.78. The summed E-state index contributed by atoms with van der Waals surface area (Å²) in [5.41, 5.74) is -1.85. The van der Waals surface area contributed by atoms with E-state index in [1.54, 1.807) is 13.8 Å². The van der Waals surface area contributed by atoms with Gasteiger partial charge in [0.05, 0.1) is 61.9 Å². The van der Waals surface area contributed by atoms with Gasteiger partial charge in [-0.15, -0.1) is 0 Å². The van der Waals surface area contributed by atoms with Crippen LogP contribution in [-0.2, 0) is 47.5 Å². The maximum atomic E-state index is 13.3. The van der Waals surface area contributed by atoms with Crippen molar-refractivity contribution >= 4 is 48.1 Å². The van der Waals surface area contributed by atoms with Gasteiger partial charge in [0.25, 0.3) is 0 Å². The van der Waals surface area contributed by atoms with E-state index in [9.17, 15) is 38.4 Å². The predicted molar refractivity (Wildman–Crippen MR) is 248 cm³/mol. The largest absolute Gasteiger partial charge is 0.513 e. The van der Waals surface area contributed by atoms with Crippen LogP contribution in [0.15, 0.2) is 122 Å². The Labute approximate surface area is 412 Å². The summed E-state index contributed by atoms with van der Waals surface area (Å²) in [6.07, 6.45) is 0.253. The summed E-state index contributed by atoms with van der Waals surface area (Å²) < 4.78 is 64.7. The van der Waals surface area contributed by atoms with Gasteiger partial charge in [0.15, 0.2) is 12.2 Å². The van der Waals surface area contributed by atoms with E-state index in [-0.39, 0.29) is 84.9 Å². The zero-order chi connectivity index (χ0) is 51.7. The van der Waals surface area contributed by atoms with Crippen LogP contribution in [-0.4, -0.2) is 111 Å². The highest BCUT2D eigenvalue weighted by Crippen LogP contribution is 2.49. The topological polar surface area (TPSA) is 247 Å². The zero-order valence-corrected chi connectivity index (χ0v) is 39.2. The Kier molecular flexibility index (Phi) is 18.4. The Morgan fingerprint density at radius 1 is 0.444 bits per heavy atom. The van der Waals surface area contributed by atoms with E-state index in [0.717, 1.165) is 12.2 Å². The molecule has 4 aromatic carbocycles. The highest BCUT2D eigenvalue weighted by molar-refractivity contribution is 5.93. The molecule has 2 aliphatic rings. The van der Waals surface area contributed by atoms with Crippen LogP contribution in [0, 0.1) is 0 Å². The van der Waals surface area contributed by atoms with Crippen LogP contribution in [0.1, 0.15) is 81.0 Å². The van der Waals surface area contributed by atoms with Crippen LogP contribution in [0.4, 0.5) is 9.59 Å². The molecule has 0 unspecified atom stereocenters. The minimum Gasteiger partial charge on any atom is -0.463 e. The molecule has 72 heavy (non-hydrogen) atoms. The Hall–Kier alpha value is -8.36. The molecule has 0 radical (unpaired) electrons. The van der Waals surface area contributed by atoms with E-state index in [2.05, 4.69) is 13.2 Å². The molecule has 2 saturated heterocycles.